The molecule has 0 bridgehead atoms. The van der Waals surface area contributed by atoms with Crippen LogP contribution in [0.25, 0.3) is 0 Å². The van der Waals surface area contributed by atoms with Gasteiger partial charge < -0.3 is 15.5 Å². The Kier molecular flexibility index (Phi) is 19.7. The number of rotatable bonds is 18. The van der Waals surface area contributed by atoms with Crippen molar-refractivity contribution < 1.29 is 14.4 Å². The van der Waals surface area contributed by atoms with E-state index in [0.717, 1.165) is 57.3 Å². The van der Waals surface area contributed by atoms with Gasteiger partial charge in [-0.15, -0.1) is 0 Å². The molecule has 228 valence electrons. The smallest absolute Gasteiger partial charge is 0.253 e. The number of benzene rings is 2. The molecule has 0 fully saturated rings. The largest absolute Gasteiger partial charge is 0.359 e. The first-order valence-electron chi connectivity index (χ1n) is 15.2. The van der Waals surface area contributed by atoms with Gasteiger partial charge in [0.25, 0.3) is 5.91 Å². The topological polar surface area (TPSA) is 78.5 Å². The Morgan fingerprint density at radius 1 is 0.929 bits per heavy atom. The third-order valence-electron chi connectivity index (χ3n) is 6.59. The predicted molar refractivity (Wildman–Crippen MR) is 176 cm³/mol. The van der Waals surface area contributed by atoms with Gasteiger partial charge in [-0.1, -0.05) is 92.8 Å². The summed E-state index contributed by atoms with van der Waals surface area (Å²) < 4.78 is 0. The van der Waals surface area contributed by atoms with E-state index in [2.05, 4.69) is 55.3 Å². The number of carbonyl (C=O) groups is 3. The molecule has 0 saturated heterocycles. The maximum absolute atomic E-state index is 12.5. The Labute approximate surface area is 254 Å². The Hall–Kier alpha value is -3.77. The minimum atomic E-state index is -0.0476. The molecule has 2 aromatic rings. The molecular weight excluding hydrogens is 522 g/mol. The highest BCUT2D eigenvalue weighted by Crippen LogP contribution is 2.11. The van der Waals surface area contributed by atoms with Crippen LogP contribution in [-0.2, 0) is 22.4 Å². The molecule has 6 nitrogen and oxygen atoms in total. The molecule has 2 rings (SSSR count). The van der Waals surface area contributed by atoms with Crippen LogP contribution in [0.4, 0.5) is 0 Å². The van der Waals surface area contributed by atoms with Gasteiger partial charge in [0.1, 0.15) is 5.78 Å². The Balaban J connectivity index is 0.000000422. The number of aryl methyl sites for hydroxylation is 1. The van der Waals surface area contributed by atoms with Crippen molar-refractivity contribution in [1.29, 1.82) is 0 Å². The second-order valence-corrected chi connectivity index (χ2v) is 10.1. The molecule has 42 heavy (non-hydrogen) atoms. The van der Waals surface area contributed by atoms with E-state index in [9.17, 15) is 14.4 Å². The fourth-order valence-electron chi connectivity index (χ4n) is 4.30. The summed E-state index contributed by atoms with van der Waals surface area (Å²) in [5, 5.41) is 5.83. The van der Waals surface area contributed by atoms with Crippen LogP contribution in [0.1, 0.15) is 74.4 Å². The lowest BCUT2D eigenvalue weighted by Gasteiger charge is -2.21. The van der Waals surface area contributed by atoms with E-state index < -0.39 is 0 Å². The third kappa shape index (κ3) is 15.9. The van der Waals surface area contributed by atoms with Gasteiger partial charge in [0, 0.05) is 32.1 Å². The number of carbonyl (C=O) groups excluding carboxylic acids is 3. The maximum Gasteiger partial charge on any atom is 0.253 e. The van der Waals surface area contributed by atoms with Gasteiger partial charge in [-0.3, -0.25) is 14.4 Å². The molecule has 0 aromatic heterocycles. The van der Waals surface area contributed by atoms with E-state index in [4.69, 9.17) is 0 Å². The van der Waals surface area contributed by atoms with Crippen molar-refractivity contribution >= 4 is 17.6 Å². The first-order chi connectivity index (χ1) is 20.4. The first-order valence-corrected chi connectivity index (χ1v) is 15.2. The number of allylic oxidation sites excluding steroid dienone is 5. The minimum Gasteiger partial charge on any atom is -0.359 e. The standard InChI is InChI=1S/C20H27NO.C16H24N2O2/c1-3-5-10-18(4-2)14-15-20(22)17-21-16-9-13-19-11-7-6-8-12-19;1-4-9-18(10-5-2)16(20)14-8-6-7-13(11-14)12-15(19)17-3/h3-8,10-12,21H,1,9,13-17H2,2H3;6-8,11H,4-5,9-10,12H2,1-3H3,(H,17,19)/b10-5-,18-4+;. The summed E-state index contributed by atoms with van der Waals surface area (Å²) in [6.07, 6.45) is 13.4. The van der Waals surface area contributed by atoms with Crippen LogP contribution >= 0.6 is 0 Å². The average Bonchev–Trinajstić information content (AvgIpc) is 3.01. The Morgan fingerprint density at radius 2 is 1.62 bits per heavy atom. The number of ketones is 1. The summed E-state index contributed by atoms with van der Waals surface area (Å²) in [4.78, 5) is 37.6. The number of Topliss-reactive ketones (excluding diaryl/α,β-unsaturated/α-hetero) is 1. The van der Waals surface area contributed by atoms with Crippen LogP contribution in [0.15, 0.2) is 91.1 Å². The Bertz CT molecular complexity index is 1130. The highest BCUT2D eigenvalue weighted by molar-refractivity contribution is 5.94. The van der Waals surface area contributed by atoms with Crippen molar-refractivity contribution in [2.24, 2.45) is 0 Å². The number of nitrogens with one attached hydrogen (secondary N) is 2. The van der Waals surface area contributed by atoms with Gasteiger partial charge in [0.2, 0.25) is 5.91 Å². The Morgan fingerprint density at radius 3 is 2.24 bits per heavy atom. The molecule has 6 heteroatoms. The number of nitrogens with zero attached hydrogens (tertiary/aromatic N) is 1. The van der Waals surface area contributed by atoms with Gasteiger partial charge in [-0.2, -0.15) is 0 Å². The predicted octanol–water partition coefficient (Wildman–Crippen LogP) is 6.48. The van der Waals surface area contributed by atoms with Gasteiger partial charge in [0.05, 0.1) is 13.0 Å². The molecule has 0 aliphatic rings. The van der Waals surface area contributed by atoms with Crippen molar-refractivity contribution in [2.45, 2.75) is 65.7 Å². The summed E-state index contributed by atoms with van der Waals surface area (Å²) in [6, 6.07) is 17.8. The molecule has 2 N–H and O–H groups in total. The number of likely N-dealkylation sites (N-methyl/N-ethyl adjacent to an activating group) is 1. The molecule has 2 aromatic carbocycles. The molecule has 0 aliphatic heterocycles. The van der Waals surface area contributed by atoms with Crippen LogP contribution in [0, 0.1) is 0 Å². The SMILES string of the molecule is C=C/C=C\C(=C/C)CCC(=O)CNCCCc1ccccc1.CCCN(CCC)C(=O)c1cccc(CC(=O)NC)c1. The molecule has 0 radical (unpaired) electrons. The molecule has 0 aliphatic carbocycles. The zero-order valence-corrected chi connectivity index (χ0v) is 26.2. The molecule has 0 atom stereocenters. The second kappa shape index (κ2) is 22.9. The molecule has 0 saturated carbocycles. The van der Waals surface area contributed by atoms with Crippen LogP contribution in [-0.4, -0.2) is 55.7 Å². The van der Waals surface area contributed by atoms with Gasteiger partial charge in [-0.05, 0) is 68.8 Å². The lowest BCUT2D eigenvalue weighted by Crippen LogP contribution is -2.32. The molecule has 0 unspecified atom stereocenters. The molecule has 0 heterocycles. The third-order valence-corrected chi connectivity index (χ3v) is 6.59. The minimum absolute atomic E-state index is 0.0476. The average molecular weight is 574 g/mol. The summed E-state index contributed by atoms with van der Waals surface area (Å²) in [5.41, 5.74) is 4.05. The highest BCUT2D eigenvalue weighted by atomic mass is 16.2. The van der Waals surface area contributed by atoms with Gasteiger partial charge in [0.15, 0.2) is 0 Å². The van der Waals surface area contributed by atoms with Gasteiger partial charge >= 0.3 is 0 Å². The summed E-state index contributed by atoms with van der Waals surface area (Å²) in [7, 11) is 1.61. The van der Waals surface area contributed by atoms with Crippen LogP contribution in [0.2, 0.25) is 0 Å². The van der Waals surface area contributed by atoms with E-state index in [1.54, 1.807) is 13.1 Å². The molecule has 2 amide bonds. The van der Waals surface area contributed by atoms with Crippen molar-refractivity contribution in [3.63, 3.8) is 0 Å². The number of hydrogen-bond acceptors (Lipinski definition) is 4. The van der Waals surface area contributed by atoms with E-state index >= 15 is 0 Å². The van der Waals surface area contributed by atoms with E-state index in [0.29, 0.717) is 24.9 Å². The maximum atomic E-state index is 12.5. The molecule has 0 spiro atoms. The zero-order chi connectivity index (χ0) is 31.0. The van der Waals surface area contributed by atoms with Crippen LogP contribution in [0.5, 0.6) is 0 Å². The zero-order valence-electron chi connectivity index (χ0n) is 26.2. The molecular formula is C36H51N3O3. The fraction of sp³-hybridized carbons (Fsp3) is 0.417. The normalized spacial score (nSPS) is 11.0. The lowest BCUT2D eigenvalue weighted by atomic mass is 10.1. The van der Waals surface area contributed by atoms with E-state index in [-0.39, 0.29) is 17.6 Å². The van der Waals surface area contributed by atoms with Crippen LogP contribution in [0.3, 0.4) is 0 Å². The number of hydrogen-bond donors (Lipinski definition) is 2. The number of amides is 2. The van der Waals surface area contributed by atoms with Crippen molar-refractivity contribution in [1.82, 2.24) is 15.5 Å². The first kappa shape index (κ1) is 36.3. The fourth-order valence-corrected chi connectivity index (χ4v) is 4.30. The van der Waals surface area contributed by atoms with Gasteiger partial charge in [-0.25, -0.2) is 0 Å². The summed E-state index contributed by atoms with van der Waals surface area (Å²) in [5.74, 6) is 0.270. The van der Waals surface area contributed by atoms with E-state index in [1.807, 2.05) is 60.4 Å². The quantitative estimate of drug-likeness (QED) is 0.158. The van der Waals surface area contributed by atoms with Crippen molar-refractivity contribution in [3.05, 3.63) is 108 Å². The van der Waals surface area contributed by atoms with Crippen molar-refractivity contribution in [3.8, 4) is 0 Å². The second-order valence-electron chi connectivity index (χ2n) is 10.1. The van der Waals surface area contributed by atoms with Crippen LogP contribution < -0.4 is 10.6 Å². The highest BCUT2D eigenvalue weighted by Gasteiger charge is 2.15. The summed E-state index contributed by atoms with van der Waals surface area (Å²) >= 11 is 0. The lowest BCUT2D eigenvalue weighted by molar-refractivity contribution is -0.120. The summed E-state index contributed by atoms with van der Waals surface area (Å²) in [6.45, 7) is 12.7. The monoisotopic (exact) mass is 573 g/mol. The van der Waals surface area contributed by atoms with Crippen molar-refractivity contribution in [2.75, 3.05) is 33.2 Å². The van der Waals surface area contributed by atoms with E-state index in [1.165, 1.54) is 11.1 Å².